The lowest BCUT2D eigenvalue weighted by Crippen LogP contribution is -1.94. The maximum atomic E-state index is 10.7. The van der Waals surface area contributed by atoms with Gasteiger partial charge in [0, 0.05) is 11.8 Å². The number of aromatic carboxylic acids is 1. The molecule has 5 heteroatoms. The van der Waals surface area contributed by atoms with Gasteiger partial charge in [-0.05, 0) is 36.8 Å². The van der Waals surface area contributed by atoms with E-state index in [0.29, 0.717) is 5.88 Å². The molecule has 18 heavy (non-hydrogen) atoms. The topological polar surface area (TPSA) is 71.7 Å². The largest absolute Gasteiger partial charge is 0.497 e. The van der Waals surface area contributed by atoms with Crippen LogP contribution < -0.4 is 10.1 Å². The fourth-order valence-corrected chi connectivity index (χ4v) is 1.56. The Hall–Kier alpha value is -2.43. The van der Waals surface area contributed by atoms with E-state index in [4.69, 9.17) is 14.3 Å². The summed E-state index contributed by atoms with van der Waals surface area (Å²) in [6.45, 7) is 1.92. The molecule has 2 rings (SSSR count). The van der Waals surface area contributed by atoms with Gasteiger partial charge in [0.25, 0.3) is 0 Å². The number of ether oxygens (including phenoxy) is 1. The minimum absolute atomic E-state index is 0.0938. The highest BCUT2D eigenvalue weighted by Crippen LogP contribution is 2.25. The zero-order valence-corrected chi connectivity index (χ0v) is 10.1. The SMILES string of the molecule is COc1ccc(Nc2ccc(C(=O)O)o2)c(C)c1. The van der Waals surface area contributed by atoms with Crippen LogP contribution in [0, 0.1) is 6.92 Å². The van der Waals surface area contributed by atoms with Crippen LogP contribution in [0.25, 0.3) is 0 Å². The number of furan rings is 1. The van der Waals surface area contributed by atoms with Crippen molar-refractivity contribution in [1.82, 2.24) is 0 Å². The Bertz CT molecular complexity index is 574. The first kappa shape index (κ1) is 12.0. The lowest BCUT2D eigenvalue weighted by atomic mass is 10.2. The molecule has 0 aliphatic carbocycles. The zero-order chi connectivity index (χ0) is 13.1. The molecule has 0 saturated carbocycles. The summed E-state index contributed by atoms with van der Waals surface area (Å²) in [7, 11) is 1.60. The predicted octanol–water partition coefficient (Wildman–Crippen LogP) is 3.04. The summed E-state index contributed by atoms with van der Waals surface area (Å²) in [5.41, 5.74) is 1.81. The number of nitrogens with one attached hydrogen (secondary N) is 1. The second kappa shape index (κ2) is 4.83. The zero-order valence-electron chi connectivity index (χ0n) is 10.1. The molecule has 1 aromatic carbocycles. The molecule has 2 aromatic rings. The molecule has 0 aliphatic rings. The van der Waals surface area contributed by atoms with E-state index in [1.807, 2.05) is 25.1 Å². The van der Waals surface area contributed by atoms with Crippen molar-refractivity contribution in [1.29, 1.82) is 0 Å². The number of carboxylic acids is 1. The molecule has 2 N–H and O–H groups in total. The number of hydrogen-bond donors (Lipinski definition) is 2. The van der Waals surface area contributed by atoms with Crippen LogP contribution in [0.4, 0.5) is 11.6 Å². The first-order chi connectivity index (χ1) is 8.60. The van der Waals surface area contributed by atoms with E-state index in [1.54, 1.807) is 13.2 Å². The normalized spacial score (nSPS) is 10.1. The molecule has 94 valence electrons. The Morgan fingerprint density at radius 1 is 1.33 bits per heavy atom. The summed E-state index contributed by atoms with van der Waals surface area (Å²) in [5.74, 6) is -0.0254. The summed E-state index contributed by atoms with van der Waals surface area (Å²) in [5, 5.41) is 11.8. The minimum Gasteiger partial charge on any atom is -0.497 e. The van der Waals surface area contributed by atoms with Crippen LogP contribution in [-0.4, -0.2) is 18.2 Å². The highest BCUT2D eigenvalue weighted by molar-refractivity contribution is 5.85. The van der Waals surface area contributed by atoms with Crippen LogP contribution in [0.15, 0.2) is 34.7 Å². The molecule has 0 aliphatic heterocycles. The minimum atomic E-state index is -1.09. The van der Waals surface area contributed by atoms with Gasteiger partial charge in [-0.3, -0.25) is 0 Å². The Morgan fingerprint density at radius 2 is 2.11 bits per heavy atom. The molecule has 0 atom stereocenters. The monoisotopic (exact) mass is 247 g/mol. The van der Waals surface area contributed by atoms with E-state index >= 15 is 0 Å². The van der Waals surface area contributed by atoms with Gasteiger partial charge in [-0.25, -0.2) is 4.79 Å². The van der Waals surface area contributed by atoms with E-state index in [0.717, 1.165) is 17.0 Å². The van der Waals surface area contributed by atoms with Gasteiger partial charge >= 0.3 is 5.97 Å². The molecule has 0 amide bonds. The van der Waals surface area contributed by atoms with Gasteiger partial charge in [-0.2, -0.15) is 0 Å². The van der Waals surface area contributed by atoms with Crippen LogP contribution >= 0.6 is 0 Å². The van der Waals surface area contributed by atoms with Crippen LogP contribution in [0.2, 0.25) is 0 Å². The molecule has 0 saturated heterocycles. The van der Waals surface area contributed by atoms with Crippen LogP contribution in [-0.2, 0) is 0 Å². The number of rotatable bonds is 4. The van der Waals surface area contributed by atoms with Crippen molar-refractivity contribution in [3.05, 3.63) is 41.7 Å². The van der Waals surface area contributed by atoms with Crippen molar-refractivity contribution in [3.8, 4) is 5.75 Å². The molecular weight excluding hydrogens is 234 g/mol. The third-order valence-electron chi connectivity index (χ3n) is 2.51. The molecule has 1 aromatic heterocycles. The van der Waals surface area contributed by atoms with Crippen molar-refractivity contribution in [3.63, 3.8) is 0 Å². The van der Waals surface area contributed by atoms with Crippen LogP contribution in [0.5, 0.6) is 5.75 Å². The molecule has 5 nitrogen and oxygen atoms in total. The first-order valence-corrected chi connectivity index (χ1v) is 5.35. The van der Waals surface area contributed by atoms with Crippen molar-refractivity contribution in [2.24, 2.45) is 0 Å². The highest BCUT2D eigenvalue weighted by Gasteiger charge is 2.09. The first-order valence-electron chi connectivity index (χ1n) is 5.35. The van der Waals surface area contributed by atoms with Gasteiger partial charge < -0.3 is 19.6 Å². The Kier molecular flexibility index (Phi) is 3.23. The quantitative estimate of drug-likeness (QED) is 0.868. The summed E-state index contributed by atoms with van der Waals surface area (Å²) >= 11 is 0. The van der Waals surface area contributed by atoms with Crippen LogP contribution in [0.3, 0.4) is 0 Å². The summed E-state index contributed by atoms with van der Waals surface area (Å²) in [4.78, 5) is 10.7. The fraction of sp³-hybridized carbons (Fsp3) is 0.154. The number of methoxy groups -OCH3 is 1. The average molecular weight is 247 g/mol. The Labute approximate surface area is 104 Å². The summed E-state index contributed by atoms with van der Waals surface area (Å²) in [6, 6.07) is 8.52. The molecule has 0 spiro atoms. The number of hydrogen-bond acceptors (Lipinski definition) is 4. The maximum absolute atomic E-state index is 10.7. The number of anilines is 2. The maximum Gasteiger partial charge on any atom is 0.371 e. The Balaban J connectivity index is 2.20. The molecular formula is C13H13NO4. The van der Waals surface area contributed by atoms with E-state index in [1.165, 1.54) is 6.07 Å². The smallest absolute Gasteiger partial charge is 0.371 e. The third kappa shape index (κ3) is 2.45. The molecule has 0 fully saturated rings. The van der Waals surface area contributed by atoms with Gasteiger partial charge in [0.1, 0.15) is 5.75 Å². The van der Waals surface area contributed by atoms with E-state index in [-0.39, 0.29) is 5.76 Å². The van der Waals surface area contributed by atoms with Gasteiger partial charge in [0.05, 0.1) is 7.11 Å². The van der Waals surface area contributed by atoms with Crippen molar-refractivity contribution in [2.45, 2.75) is 6.92 Å². The van der Waals surface area contributed by atoms with Crippen molar-refractivity contribution < 1.29 is 19.1 Å². The van der Waals surface area contributed by atoms with Gasteiger partial charge in [-0.15, -0.1) is 0 Å². The van der Waals surface area contributed by atoms with E-state index in [2.05, 4.69) is 5.32 Å². The lowest BCUT2D eigenvalue weighted by molar-refractivity contribution is 0.0663. The van der Waals surface area contributed by atoms with Gasteiger partial charge in [0.2, 0.25) is 5.76 Å². The van der Waals surface area contributed by atoms with E-state index < -0.39 is 5.97 Å². The number of benzene rings is 1. The standard InChI is InChI=1S/C13H13NO4/c1-8-7-9(17-2)3-4-10(8)14-12-6-5-11(18-12)13(15)16/h3-7,14H,1-2H3,(H,15,16). The molecule has 0 bridgehead atoms. The number of carbonyl (C=O) groups is 1. The van der Waals surface area contributed by atoms with E-state index in [9.17, 15) is 4.79 Å². The molecule has 0 radical (unpaired) electrons. The van der Waals surface area contributed by atoms with Crippen molar-refractivity contribution in [2.75, 3.05) is 12.4 Å². The summed E-state index contributed by atoms with van der Waals surface area (Å²) in [6.07, 6.45) is 0. The van der Waals surface area contributed by atoms with Crippen LogP contribution in [0.1, 0.15) is 16.1 Å². The number of carboxylic acid groups (broad SMARTS) is 1. The average Bonchev–Trinajstić information content (AvgIpc) is 2.80. The molecule has 1 heterocycles. The lowest BCUT2D eigenvalue weighted by Gasteiger charge is -2.08. The highest BCUT2D eigenvalue weighted by atomic mass is 16.5. The molecule has 0 unspecified atom stereocenters. The fourth-order valence-electron chi connectivity index (χ4n) is 1.56. The predicted molar refractivity (Wildman–Crippen MR) is 66.7 cm³/mol. The third-order valence-corrected chi connectivity index (χ3v) is 2.51. The van der Waals surface area contributed by atoms with Gasteiger partial charge in [0.15, 0.2) is 5.88 Å². The number of aryl methyl sites for hydroxylation is 1. The second-order valence-electron chi connectivity index (χ2n) is 3.77. The van der Waals surface area contributed by atoms with Gasteiger partial charge in [-0.1, -0.05) is 0 Å². The Morgan fingerprint density at radius 3 is 2.67 bits per heavy atom. The summed E-state index contributed by atoms with van der Waals surface area (Å²) < 4.78 is 10.2. The second-order valence-corrected chi connectivity index (χ2v) is 3.77. The van der Waals surface area contributed by atoms with Crippen molar-refractivity contribution >= 4 is 17.5 Å².